The van der Waals surface area contributed by atoms with Gasteiger partial charge in [-0.1, -0.05) is 48.9 Å². The van der Waals surface area contributed by atoms with E-state index in [1.54, 1.807) is 0 Å². The zero-order valence-electron chi connectivity index (χ0n) is 12.9. The summed E-state index contributed by atoms with van der Waals surface area (Å²) in [4.78, 5) is 0. The topological polar surface area (TPSA) is 18.5 Å². The monoisotopic (exact) mass is 416 g/mol. The van der Waals surface area contributed by atoms with Crippen molar-refractivity contribution in [1.82, 2.24) is 0 Å². The Morgan fingerprint density at radius 2 is 1.67 bits per heavy atom. The highest BCUT2D eigenvalue weighted by Gasteiger charge is 2.17. The lowest BCUT2D eigenvalue weighted by atomic mass is 9.92. The zero-order chi connectivity index (χ0) is 15.7. The molecule has 2 nitrogen and oxygen atoms in total. The summed E-state index contributed by atoms with van der Waals surface area (Å²) in [6.07, 6.45) is 4.76. The fourth-order valence-electron chi connectivity index (χ4n) is 1.99. The molecule has 1 aromatic rings. The average Bonchev–Trinajstić information content (AvgIpc) is 2.49. The number of alkyl halides is 1. The maximum atomic E-state index is 5.93. The highest BCUT2D eigenvalue weighted by molar-refractivity contribution is 9.10. The van der Waals surface area contributed by atoms with E-state index in [4.69, 9.17) is 17.3 Å². The summed E-state index contributed by atoms with van der Waals surface area (Å²) in [5, 5.41) is 0.699. The molecule has 21 heavy (non-hydrogen) atoms. The van der Waals surface area contributed by atoms with Crippen molar-refractivity contribution in [2.45, 2.75) is 51.2 Å². The first-order valence-electron chi connectivity index (χ1n) is 7.55. The Labute approximate surface area is 146 Å². The second kappa shape index (κ2) is 10.6. The van der Waals surface area contributed by atoms with Gasteiger partial charge in [0.2, 0.25) is 0 Å². The Kier molecular flexibility index (Phi) is 9.49. The molecule has 0 bridgehead atoms. The summed E-state index contributed by atoms with van der Waals surface area (Å²) in [7, 11) is 5.93. The first kappa shape index (κ1) is 18.9. The molecule has 0 spiro atoms. The number of hydrogen-bond donors (Lipinski definition) is 0. The SMILES string of the molecule is [B]Cc1c(OCCCC)cc(Br)c(OCCCC)c1CBr. The van der Waals surface area contributed by atoms with E-state index in [-0.39, 0.29) is 0 Å². The Balaban J connectivity index is 3.04. The molecular weight excluding hydrogens is 395 g/mol. The van der Waals surface area contributed by atoms with Gasteiger partial charge in [-0.05, 0) is 40.4 Å². The Bertz CT molecular complexity index is 439. The van der Waals surface area contributed by atoms with E-state index in [1.807, 2.05) is 6.07 Å². The molecule has 0 N–H and O–H groups in total. The quantitative estimate of drug-likeness (QED) is 0.289. The van der Waals surface area contributed by atoms with Crippen molar-refractivity contribution < 1.29 is 9.47 Å². The molecule has 0 saturated heterocycles. The molecule has 0 aliphatic rings. The van der Waals surface area contributed by atoms with E-state index in [9.17, 15) is 0 Å². The number of benzene rings is 1. The number of rotatable bonds is 10. The van der Waals surface area contributed by atoms with E-state index >= 15 is 0 Å². The molecule has 0 heterocycles. The highest BCUT2D eigenvalue weighted by Crippen LogP contribution is 2.39. The van der Waals surface area contributed by atoms with Crippen LogP contribution in [0.25, 0.3) is 0 Å². The van der Waals surface area contributed by atoms with Gasteiger partial charge in [0.15, 0.2) is 0 Å². The van der Waals surface area contributed by atoms with Gasteiger partial charge in [0, 0.05) is 10.9 Å². The van der Waals surface area contributed by atoms with Crippen LogP contribution in [0.15, 0.2) is 10.5 Å². The van der Waals surface area contributed by atoms with Crippen LogP contribution in [0, 0.1) is 0 Å². The molecule has 0 atom stereocenters. The maximum Gasteiger partial charge on any atom is 0.138 e. The van der Waals surface area contributed by atoms with Crippen molar-refractivity contribution in [3.63, 3.8) is 0 Å². The summed E-state index contributed by atoms with van der Waals surface area (Å²) in [5.74, 6) is 1.73. The molecular formula is C16H23BBr2O2. The fraction of sp³-hybridized carbons (Fsp3) is 0.625. The molecule has 116 valence electrons. The summed E-state index contributed by atoms with van der Waals surface area (Å²) >= 11 is 7.14. The van der Waals surface area contributed by atoms with Crippen LogP contribution in [0.2, 0.25) is 0 Å². The van der Waals surface area contributed by atoms with Gasteiger partial charge in [-0.2, -0.15) is 0 Å². The van der Waals surface area contributed by atoms with Gasteiger partial charge in [0.1, 0.15) is 11.5 Å². The first-order chi connectivity index (χ1) is 10.2. The van der Waals surface area contributed by atoms with E-state index in [2.05, 4.69) is 45.7 Å². The van der Waals surface area contributed by atoms with Crippen molar-refractivity contribution in [3.05, 3.63) is 21.7 Å². The van der Waals surface area contributed by atoms with Crippen LogP contribution in [0.3, 0.4) is 0 Å². The maximum absolute atomic E-state index is 5.93. The van der Waals surface area contributed by atoms with Crippen molar-refractivity contribution in [2.24, 2.45) is 0 Å². The molecule has 1 aromatic carbocycles. The number of hydrogen-bond acceptors (Lipinski definition) is 2. The smallest absolute Gasteiger partial charge is 0.138 e. The second-order valence-electron chi connectivity index (χ2n) is 4.88. The van der Waals surface area contributed by atoms with Crippen LogP contribution in [0.4, 0.5) is 0 Å². The van der Waals surface area contributed by atoms with Crippen LogP contribution in [0.1, 0.15) is 50.7 Å². The lowest BCUT2D eigenvalue weighted by molar-refractivity contribution is 0.295. The van der Waals surface area contributed by atoms with Crippen LogP contribution in [-0.4, -0.2) is 21.1 Å². The van der Waals surface area contributed by atoms with Gasteiger partial charge in [0.05, 0.1) is 25.5 Å². The van der Waals surface area contributed by atoms with Crippen molar-refractivity contribution in [3.8, 4) is 11.5 Å². The molecule has 2 radical (unpaired) electrons. The molecule has 1 rings (SSSR count). The highest BCUT2D eigenvalue weighted by atomic mass is 79.9. The fourth-order valence-corrected chi connectivity index (χ4v) is 3.15. The summed E-state index contributed by atoms with van der Waals surface area (Å²) < 4.78 is 12.7. The molecule has 0 amide bonds. The minimum atomic E-state index is 0.444. The molecule has 0 aliphatic carbocycles. The minimum Gasteiger partial charge on any atom is -0.493 e. The Hall–Kier alpha value is -0.155. The van der Waals surface area contributed by atoms with Crippen LogP contribution in [0.5, 0.6) is 11.5 Å². The lowest BCUT2D eigenvalue weighted by Gasteiger charge is -2.19. The number of ether oxygens (including phenoxy) is 2. The van der Waals surface area contributed by atoms with Crippen molar-refractivity contribution >= 4 is 39.7 Å². The third-order valence-corrected chi connectivity index (χ3v) is 4.40. The van der Waals surface area contributed by atoms with Crippen LogP contribution >= 0.6 is 31.9 Å². The van der Waals surface area contributed by atoms with Crippen molar-refractivity contribution in [1.29, 1.82) is 0 Å². The predicted molar refractivity (Wildman–Crippen MR) is 97.0 cm³/mol. The Morgan fingerprint density at radius 1 is 1.05 bits per heavy atom. The zero-order valence-corrected chi connectivity index (χ0v) is 16.1. The van der Waals surface area contributed by atoms with Gasteiger partial charge < -0.3 is 9.47 Å². The standard InChI is InChI=1S/C16H23BBr2O2/c1-3-5-7-20-15-9-14(19)16(21-8-6-4-2)13(11-18)12(15)10-17/h9H,3-8,10-11H2,1-2H3. The van der Waals surface area contributed by atoms with Gasteiger partial charge in [-0.15, -0.1) is 0 Å². The lowest BCUT2D eigenvalue weighted by Crippen LogP contribution is -2.07. The second-order valence-corrected chi connectivity index (χ2v) is 6.30. The molecule has 0 saturated carbocycles. The molecule has 0 fully saturated rings. The van der Waals surface area contributed by atoms with Gasteiger partial charge in [-0.25, -0.2) is 0 Å². The van der Waals surface area contributed by atoms with Crippen LogP contribution in [-0.2, 0) is 11.7 Å². The summed E-state index contributed by atoms with van der Waals surface area (Å²) in [6.45, 7) is 5.74. The molecule has 5 heteroatoms. The van der Waals surface area contributed by atoms with E-state index in [1.165, 1.54) is 0 Å². The summed E-state index contributed by atoms with van der Waals surface area (Å²) in [6, 6.07) is 1.98. The van der Waals surface area contributed by atoms with Gasteiger partial charge in [0.25, 0.3) is 0 Å². The number of halogens is 2. The molecule has 0 aromatic heterocycles. The van der Waals surface area contributed by atoms with Crippen LogP contribution < -0.4 is 9.47 Å². The summed E-state index contributed by atoms with van der Waals surface area (Å²) in [5.41, 5.74) is 2.10. The Morgan fingerprint density at radius 3 is 2.19 bits per heavy atom. The molecule has 0 unspecified atom stereocenters. The third kappa shape index (κ3) is 5.52. The normalized spacial score (nSPS) is 10.7. The van der Waals surface area contributed by atoms with E-state index in [0.29, 0.717) is 18.3 Å². The number of unbranched alkanes of at least 4 members (excludes halogenated alkanes) is 2. The van der Waals surface area contributed by atoms with Crippen molar-refractivity contribution in [2.75, 3.05) is 13.2 Å². The van der Waals surface area contributed by atoms with E-state index in [0.717, 1.165) is 59.4 Å². The molecule has 0 aliphatic heterocycles. The van der Waals surface area contributed by atoms with Gasteiger partial charge in [-0.3, -0.25) is 0 Å². The third-order valence-electron chi connectivity index (χ3n) is 3.25. The van der Waals surface area contributed by atoms with E-state index < -0.39 is 0 Å². The largest absolute Gasteiger partial charge is 0.493 e. The predicted octanol–water partition coefficient (Wildman–Crippen LogP) is 5.37. The first-order valence-corrected chi connectivity index (χ1v) is 9.46. The van der Waals surface area contributed by atoms with Gasteiger partial charge >= 0.3 is 0 Å². The average molecular weight is 418 g/mol. The minimum absolute atomic E-state index is 0.444.